The van der Waals surface area contributed by atoms with Crippen LogP contribution < -0.4 is 0 Å². The van der Waals surface area contributed by atoms with E-state index in [0.717, 1.165) is 0 Å². The van der Waals surface area contributed by atoms with E-state index in [2.05, 4.69) is 14.9 Å². The summed E-state index contributed by atoms with van der Waals surface area (Å²) in [5.74, 6) is -0.314. The summed E-state index contributed by atoms with van der Waals surface area (Å²) in [6.07, 6.45) is 0. The number of methoxy groups -OCH3 is 1. The molecule has 0 bridgehead atoms. The second kappa shape index (κ2) is 5.32. The van der Waals surface area contributed by atoms with Crippen LogP contribution >= 0.6 is 11.8 Å². The normalized spacial score (nSPS) is 11.5. The first-order chi connectivity index (χ1) is 7.17. The van der Waals surface area contributed by atoms with E-state index in [4.69, 9.17) is 5.26 Å². The van der Waals surface area contributed by atoms with Crippen molar-refractivity contribution in [1.29, 1.82) is 5.26 Å². The first-order valence-electron chi connectivity index (χ1n) is 4.15. The van der Waals surface area contributed by atoms with Gasteiger partial charge in [-0.3, -0.25) is 4.79 Å². The van der Waals surface area contributed by atoms with Crippen molar-refractivity contribution in [2.75, 3.05) is 7.11 Å². The van der Waals surface area contributed by atoms with Gasteiger partial charge in [0.1, 0.15) is 16.3 Å². The number of hydrogen-bond acceptors (Lipinski definition) is 6. The minimum absolute atomic E-state index is 0.255. The summed E-state index contributed by atoms with van der Waals surface area (Å²) in [5, 5.41) is 16.2. The third kappa shape index (κ3) is 3.22. The molecule has 1 atom stereocenters. The van der Waals surface area contributed by atoms with Gasteiger partial charge in [0, 0.05) is 0 Å². The minimum atomic E-state index is -0.336. The first kappa shape index (κ1) is 11.5. The van der Waals surface area contributed by atoms with Crippen LogP contribution in [0.4, 0.5) is 0 Å². The summed E-state index contributed by atoms with van der Waals surface area (Å²) in [6, 6.07) is 5.07. The third-order valence-corrected chi connectivity index (χ3v) is 2.59. The summed E-state index contributed by atoms with van der Waals surface area (Å²) in [7, 11) is 1.34. The second-order valence-electron chi connectivity index (χ2n) is 2.65. The SMILES string of the molecule is COC(=O)C(C)Sc1ccc(C#N)nn1. The predicted molar refractivity (Wildman–Crippen MR) is 54.1 cm³/mol. The smallest absolute Gasteiger partial charge is 0.318 e. The lowest BCUT2D eigenvalue weighted by molar-refractivity contribution is -0.139. The highest BCUT2D eigenvalue weighted by Gasteiger charge is 2.15. The Morgan fingerprint density at radius 3 is 2.80 bits per heavy atom. The molecule has 6 heteroatoms. The van der Waals surface area contributed by atoms with Gasteiger partial charge in [0.25, 0.3) is 0 Å². The van der Waals surface area contributed by atoms with Crippen molar-refractivity contribution in [3.05, 3.63) is 17.8 Å². The zero-order valence-corrected chi connectivity index (χ0v) is 9.11. The van der Waals surface area contributed by atoms with Crippen LogP contribution in [0.15, 0.2) is 17.2 Å². The Morgan fingerprint density at radius 1 is 1.60 bits per heavy atom. The highest BCUT2D eigenvalue weighted by atomic mass is 32.2. The molecule has 0 N–H and O–H groups in total. The number of rotatable bonds is 3. The van der Waals surface area contributed by atoms with E-state index in [9.17, 15) is 4.79 Å². The number of hydrogen-bond donors (Lipinski definition) is 0. The Kier molecular flexibility index (Phi) is 4.06. The van der Waals surface area contributed by atoms with E-state index in [-0.39, 0.29) is 16.9 Å². The van der Waals surface area contributed by atoms with Gasteiger partial charge in [-0.2, -0.15) is 5.26 Å². The van der Waals surface area contributed by atoms with Gasteiger partial charge in [-0.25, -0.2) is 0 Å². The van der Waals surface area contributed by atoms with E-state index in [0.29, 0.717) is 5.03 Å². The summed E-state index contributed by atoms with van der Waals surface area (Å²) in [6.45, 7) is 1.72. The third-order valence-electron chi connectivity index (χ3n) is 1.59. The van der Waals surface area contributed by atoms with Crippen LogP contribution in [0.5, 0.6) is 0 Å². The van der Waals surface area contributed by atoms with E-state index in [1.165, 1.54) is 18.9 Å². The molecule has 0 saturated heterocycles. The van der Waals surface area contributed by atoms with Crippen LogP contribution in [0.2, 0.25) is 0 Å². The van der Waals surface area contributed by atoms with E-state index >= 15 is 0 Å². The van der Waals surface area contributed by atoms with Gasteiger partial charge in [0.2, 0.25) is 0 Å². The molecular formula is C9H9N3O2S. The van der Waals surface area contributed by atoms with Crippen LogP contribution in [-0.2, 0) is 9.53 Å². The van der Waals surface area contributed by atoms with Gasteiger partial charge in [-0.15, -0.1) is 10.2 Å². The Balaban J connectivity index is 2.66. The zero-order valence-electron chi connectivity index (χ0n) is 8.30. The number of nitriles is 1. The summed E-state index contributed by atoms with van der Waals surface area (Å²) < 4.78 is 4.57. The van der Waals surface area contributed by atoms with Crippen molar-refractivity contribution in [1.82, 2.24) is 10.2 Å². The number of ether oxygens (including phenoxy) is 1. The number of carbonyl (C=O) groups excluding carboxylic acids is 1. The van der Waals surface area contributed by atoms with Crippen LogP contribution in [0.3, 0.4) is 0 Å². The van der Waals surface area contributed by atoms with Gasteiger partial charge in [-0.1, -0.05) is 11.8 Å². The molecule has 1 aromatic heterocycles. The lowest BCUT2D eigenvalue weighted by Gasteiger charge is -2.06. The maximum Gasteiger partial charge on any atom is 0.318 e. The predicted octanol–water partition coefficient (Wildman–Crippen LogP) is 1.00. The summed E-state index contributed by atoms with van der Waals surface area (Å²) in [4.78, 5) is 11.1. The van der Waals surface area contributed by atoms with Gasteiger partial charge in [0.15, 0.2) is 5.69 Å². The quantitative estimate of drug-likeness (QED) is 0.562. The first-order valence-corrected chi connectivity index (χ1v) is 5.03. The molecule has 0 aliphatic rings. The van der Waals surface area contributed by atoms with Gasteiger partial charge in [0.05, 0.1) is 7.11 Å². The molecule has 78 valence electrons. The lowest BCUT2D eigenvalue weighted by atomic mass is 10.4. The van der Waals surface area contributed by atoms with Crippen LogP contribution in [0.25, 0.3) is 0 Å². The van der Waals surface area contributed by atoms with Gasteiger partial charge < -0.3 is 4.74 Å². The summed E-state index contributed by atoms with van der Waals surface area (Å²) >= 11 is 1.24. The van der Waals surface area contributed by atoms with Crippen LogP contribution in [0, 0.1) is 11.3 Å². The maximum atomic E-state index is 11.1. The monoisotopic (exact) mass is 223 g/mol. The van der Waals surface area contributed by atoms with Crippen molar-refractivity contribution < 1.29 is 9.53 Å². The fourth-order valence-corrected chi connectivity index (χ4v) is 1.63. The molecule has 0 saturated carbocycles. The molecule has 0 fully saturated rings. The van der Waals surface area contributed by atoms with Crippen LogP contribution in [-0.4, -0.2) is 28.5 Å². The fourth-order valence-electron chi connectivity index (χ4n) is 0.838. The molecule has 0 amide bonds. The molecular weight excluding hydrogens is 214 g/mol. The number of thioether (sulfide) groups is 1. The molecule has 15 heavy (non-hydrogen) atoms. The van der Waals surface area contributed by atoms with Crippen molar-refractivity contribution >= 4 is 17.7 Å². The van der Waals surface area contributed by atoms with Crippen molar-refractivity contribution in [2.24, 2.45) is 0 Å². The Labute approximate surface area is 91.5 Å². The highest BCUT2D eigenvalue weighted by Crippen LogP contribution is 2.20. The zero-order chi connectivity index (χ0) is 11.3. The number of nitrogens with zero attached hydrogens (tertiary/aromatic N) is 3. The number of aromatic nitrogens is 2. The van der Waals surface area contributed by atoms with E-state index < -0.39 is 0 Å². The highest BCUT2D eigenvalue weighted by molar-refractivity contribution is 8.00. The number of esters is 1. The van der Waals surface area contributed by atoms with Gasteiger partial charge >= 0.3 is 5.97 Å². The molecule has 0 aliphatic heterocycles. The number of carbonyl (C=O) groups is 1. The fraction of sp³-hybridized carbons (Fsp3) is 0.333. The molecule has 1 rings (SSSR count). The van der Waals surface area contributed by atoms with Gasteiger partial charge in [-0.05, 0) is 19.1 Å². The van der Waals surface area contributed by atoms with E-state index in [1.54, 1.807) is 19.1 Å². The average molecular weight is 223 g/mol. The molecule has 1 aromatic rings. The minimum Gasteiger partial charge on any atom is -0.468 e. The Hall–Kier alpha value is -1.61. The van der Waals surface area contributed by atoms with E-state index in [1.807, 2.05) is 6.07 Å². The largest absolute Gasteiger partial charge is 0.468 e. The molecule has 0 radical (unpaired) electrons. The Bertz CT molecular complexity index is 385. The topological polar surface area (TPSA) is 75.9 Å². The van der Waals surface area contributed by atoms with Crippen molar-refractivity contribution in [3.8, 4) is 6.07 Å². The average Bonchev–Trinajstić information content (AvgIpc) is 2.29. The maximum absolute atomic E-state index is 11.1. The van der Waals surface area contributed by atoms with Crippen molar-refractivity contribution in [2.45, 2.75) is 17.2 Å². The molecule has 0 aliphatic carbocycles. The molecule has 1 heterocycles. The Morgan fingerprint density at radius 2 is 2.33 bits per heavy atom. The molecule has 1 unspecified atom stereocenters. The standard InChI is InChI=1S/C9H9N3O2S/c1-6(9(13)14-2)15-8-4-3-7(5-10)11-12-8/h3-4,6H,1-2H3. The molecule has 0 spiro atoms. The molecule has 0 aromatic carbocycles. The second-order valence-corrected chi connectivity index (χ2v) is 4.01. The summed E-state index contributed by atoms with van der Waals surface area (Å²) in [5.41, 5.74) is 0.255. The van der Waals surface area contributed by atoms with Crippen molar-refractivity contribution in [3.63, 3.8) is 0 Å². The lowest BCUT2D eigenvalue weighted by Crippen LogP contribution is -2.14. The van der Waals surface area contributed by atoms with Crippen LogP contribution in [0.1, 0.15) is 12.6 Å². The molecule has 5 nitrogen and oxygen atoms in total.